The van der Waals surface area contributed by atoms with Crippen molar-refractivity contribution < 1.29 is 83.5 Å². The summed E-state index contributed by atoms with van der Waals surface area (Å²) in [5.74, 6) is -0.0523. The Morgan fingerprint density at radius 2 is 1.50 bits per heavy atom. The van der Waals surface area contributed by atoms with E-state index >= 15 is 0 Å². The van der Waals surface area contributed by atoms with Crippen molar-refractivity contribution in [3.63, 3.8) is 0 Å². The lowest BCUT2D eigenvalue weighted by molar-refractivity contribution is -0.289. The smallest absolute Gasteiger partial charge is 0.229 e. The molecule has 9 N–H and O–H groups in total. The molecule has 3 aliphatic heterocycles. The zero-order valence-corrected chi connectivity index (χ0v) is 26.5. The van der Waals surface area contributed by atoms with E-state index in [1.807, 2.05) is 0 Å². The lowest BCUT2D eigenvalue weighted by Gasteiger charge is -2.40. The summed E-state index contributed by atoms with van der Waals surface area (Å²) in [7, 11) is 1.51. The fraction of sp³-hybridized carbons (Fsp3) is 0.531. The van der Waals surface area contributed by atoms with E-state index in [9.17, 15) is 50.8 Å². The number of phenolic OH excluding ortho intramolecular Hbond substituents is 1. The van der Waals surface area contributed by atoms with Gasteiger partial charge in [0.25, 0.3) is 0 Å². The second-order valence-corrected chi connectivity index (χ2v) is 12.4. The Morgan fingerprint density at radius 1 is 0.840 bits per heavy atom. The summed E-state index contributed by atoms with van der Waals surface area (Å²) in [5.41, 5.74) is -3.92. The van der Waals surface area contributed by atoms with E-state index in [1.165, 1.54) is 19.4 Å². The topological polar surface area (TPSA) is 277 Å². The number of phenols is 1. The van der Waals surface area contributed by atoms with Crippen molar-refractivity contribution in [3.05, 3.63) is 52.9 Å². The van der Waals surface area contributed by atoms with E-state index in [2.05, 4.69) is 0 Å². The molecule has 3 saturated heterocycles. The molecule has 3 aromatic rings. The zero-order chi connectivity index (χ0) is 36.0. The summed E-state index contributed by atoms with van der Waals surface area (Å²) in [6.45, 7) is -2.93. The van der Waals surface area contributed by atoms with Crippen LogP contribution < -0.4 is 14.9 Å². The lowest BCUT2D eigenvalue weighted by atomic mass is 9.99. The molecule has 0 spiro atoms. The van der Waals surface area contributed by atoms with Gasteiger partial charge in [-0.3, -0.25) is 4.79 Å². The number of aromatic hydroxyl groups is 1. The van der Waals surface area contributed by atoms with Crippen LogP contribution in [-0.2, 0) is 23.7 Å². The van der Waals surface area contributed by atoms with Crippen molar-refractivity contribution in [3.8, 4) is 28.4 Å². The van der Waals surface area contributed by atoms with Crippen molar-refractivity contribution in [2.24, 2.45) is 0 Å². The molecule has 6 rings (SSSR count). The number of ether oxygens (including phenoxy) is 7. The van der Waals surface area contributed by atoms with Gasteiger partial charge in [0.15, 0.2) is 12.6 Å². The van der Waals surface area contributed by atoms with Gasteiger partial charge in [0.05, 0.1) is 45.7 Å². The quantitative estimate of drug-likeness (QED) is 0.0978. The second kappa shape index (κ2) is 14.3. The molecule has 2 aromatic carbocycles. The van der Waals surface area contributed by atoms with Crippen LogP contribution >= 0.6 is 0 Å². The van der Waals surface area contributed by atoms with Crippen molar-refractivity contribution >= 4 is 11.0 Å². The molecule has 0 unspecified atom stereocenters. The third kappa shape index (κ3) is 6.78. The van der Waals surface area contributed by atoms with Crippen LogP contribution in [0.15, 0.2) is 51.9 Å². The number of hydrogen-bond donors (Lipinski definition) is 9. The van der Waals surface area contributed by atoms with E-state index in [4.69, 9.17) is 37.6 Å². The number of fused-ring (bicyclic) bond motifs is 1. The lowest BCUT2D eigenvalue weighted by Crippen LogP contribution is -2.60. The second-order valence-electron chi connectivity index (χ2n) is 12.4. The highest BCUT2D eigenvalue weighted by atomic mass is 16.7. The van der Waals surface area contributed by atoms with Gasteiger partial charge in [0.2, 0.25) is 11.7 Å². The van der Waals surface area contributed by atoms with E-state index in [0.717, 1.165) is 6.07 Å². The molecule has 274 valence electrons. The normalized spacial score (nSPS) is 35.8. The summed E-state index contributed by atoms with van der Waals surface area (Å²) in [5, 5.41) is 93.5. The van der Waals surface area contributed by atoms with Crippen LogP contribution in [0, 0.1) is 0 Å². The third-order valence-electron chi connectivity index (χ3n) is 8.96. The van der Waals surface area contributed by atoms with Crippen LogP contribution in [-0.4, -0.2) is 153 Å². The van der Waals surface area contributed by atoms with Crippen LogP contribution in [0.5, 0.6) is 17.2 Å². The molecule has 18 nitrogen and oxygen atoms in total. The molecule has 0 bridgehead atoms. The van der Waals surface area contributed by atoms with E-state index in [-0.39, 0.29) is 22.3 Å². The minimum Gasteiger partial charge on any atom is -0.507 e. The highest BCUT2D eigenvalue weighted by molar-refractivity contribution is 5.88. The molecule has 11 atom stereocenters. The Bertz CT molecular complexity index is 1700. The van der Waals surface area contributed by atoms with E-state index in [1.54, 1.807) is 24.3 Å². The van der Waals surface area contributed by atoms with Gasteiger partial charge < -0.3 is 83.5 Å². The SMILES string of the molecule is COc1ccc(-c2coc3cc(O[C@@H]4O[C@@H](CO[C@@H]5OC[C@@](O)(CO[C@@H]6OC[C@@](O)(CO)[C@H]6O)[C@H]5O)[C@@H](O)[C@@H](O)[C@H]4O)cc(O)c3c2=O)cc1. The molecule has 0 aliphatic carbocycles. The van der Waals surface area contributed by atoms with Crippen LogP contribution in [0.4, 0.5) is 0 Å². The van der Waals surface area contributed by atoms with Gasteiger partial charge in [-0.2, -0.15) is 0 Å². The first kappa shape index (κ1) is 36.3. The largest absolute Gasteiger partial charge is 0.507 e. The maximum atomic E-state index is 13.3. The van der Waals surface area contributed by atoms with E-state index < -0.39 is 111 Å². The van der Waals surface area contributed by atoms with E-state index in [0.29, 0.717) is 11.3 Å². The number of aliphatic hydroxyl groups excluding tert-OH is 6. The standard InChI is InChI=1S/C32H38O18/c1-43-15-4-2-14(3-5-15)17-8-44-19-7-16(6-18(34)21(19)22(17)35)49-28-25(38)24(37)23(36)20(50-28)9-45-29-27(40)32(42,12-47-29)13-48-30-26(39)31(41,10-33)11-46-30/h2-8,20,23-30,33-34,36-42H,9-13H2,1H3/t20-,23+,24+,25+,26-,27-,28+,29+,30-,31-,32+/m0/s1. The molecule has 3 aliphatic rings. The first-order chi connectivity index (χ1) is 23.8. The predicted molar refractivity (Wildman–Crippen MR) is 164 cm³/mol. The number of methoxy groups -OCH3 is 1. The van der Waals surface area contributed by atoms with Crippen molar-refractivity contribution in [1.82, 2.24) is 0 Å². The van der Waals surface area contributed by atoms with Crippen molar-refractivity contribution in [2.75, 3.05) is 40.1 Å². The molecular weight excluding hydrogens is 672 g/mol. The number of rotatable bonds is 11. The maximum absolute atomic E-state index is 13.3. The van der Waals surface area contributed by atoms with Crippen LogP contribution in [0.2, 0.25) is 0 Å². The minimum absolute atomic E-state index is 0.0602. The first-order valence-electron chi connectivity index (χ1n) is 15.5. The molecule has 1 aromatic heterocycles. The fourth-order valence-corrected chi connectivity index (χ4v) is 5.80. The molecular formula is C32H38O18. The van der Waals surface area contributed by atoms with Crippen molar-refractivity contribution in [1.29, 1.82) is 0 Å². The molecule has 0 amide bonds. The summed E-state index contributed by atoms with van der Waals surface area (Å²) in [6, 6.07) is 8.98. The highest BCUT2D eigenvalue weighted by Crippen LogP contribution is 2.34. The molecule has 50 heavy (non-hydrogen) atoms. The Hall–Kier alpha value is -3.47. The Labute approximate surface area is 282 Å². The average Bonchev–Trinajstić information content (AvgIpc) is 3.56. The van der Waals surface area contributed by atoms with Crippen LogP contribution in [0.3, 0.4) is 0 Å². The average molecular weight is 711 g/mol. The summed E-state index contributed by atoms with van der Waals surface area (Å²) in [6.07, 6.45) is -13.4. The van der Waals surface area contributed by atoms with Crippen molar-refractivity contribution in [2.45, 2.75) is 66.7 Å². The minimum atomic E-state index is -2.07. The Balaban J connectivity index is 1.09. The number of benzene rings is 2. The number of hydrogen-bond acceptors (Lipinski definition) is 18. The van der Waals surface area contributed by atoms with Gasteiger partial charge in [0, 0.05) is 12.1 Å². The van der Waals surface area contributed by atoms with Gasteiger partial charge in [0.1, 0.15) is 82.3 Å². The molecule has 4 heterocycles. The van der Waals surface area contributed by atoms with Crippen LogP contribution in [0.25, 0.3) is 22.1 Å². The molecule has 0 saturated carbocycles. The molecule has 3 fully saturated rings. The zero-order valence-electron chi connectivity index (χ0n) is 26.5. The predicted octanol–water partition coefficient (Wildman–Crippen LogP) is -2.72. The molecule has 0 radical (unpaired) electrons. The fourth-order valence-electron chi connectivity index (χ4n) is 5.80. The third-order valence-corrected chi connectivity index (χ3v) is 8.96. The van der Waals surface area contributed by atoms with Gasteiger partial charge in [-0.05, 0) is 17.7 Å². The first-order valence-corrected chi connectivity index (χ1v) is 15.5. The summed E-state index contributed by atoms with van der Waals surface area (Å²) < 4.78 is 43.4. The monoisotopic (exact) mass is 710 g/mol. The van der Waals surface area contributed by atoms with Crippen LogP contribution in [0.1, 0.15) is 0 Å². The molecule has 18 heteroatoms. The van der Waals surface area contributed by atoms with Gasteiger partial charge in [-0.25, -0.2) is 0 Å². The summed E-state index contributed by atoms with van der Waals surface area (Å²) in [4.78, 5) is 13.3. The Morgan fingerprint density at radius 3 is 2.16 bits per heavy atom. The Kier molecular flexibility index (Phi) is 10.4. The maximum Gasteiger partial charge on any atom is 0.229 e. The number of aliphatic hydroxyl groups is 8. The summed E-state index contributed by atoms with van der Waals surface area (Å²) >= 11 is 0. The highest BCUT2D eigenvalue weighted by Gasteiger charge is 2.53. The van der Waals surface area contributed by atoms with Gasteiger partial charge in [-0.15, -0.1) is 0 Å². The van der Waals surface area contributed by atoms with Gasteiger partial charge >= 0.3 is 0 Å². The van der Waals surface area contributed by atoms with Gasteiger partial charge in [-0.1, -0.05) is 12.1 Å².